The van der Waals surface area contributed by atoms with Gasteiger partial charge in [-0.25, -0.2) is 0 Å². The maximum absolute atomic E-state index is 13.4. The number of carbonyl (C=O) groups is 2. The fourth-order valence-electron chi connectivity index (χ4n) is 5.45. The smallest absolute Gasteiger partial charge is 0.246 e. The summed E-state index contributed by atoms with van der Waals surface area (Å²) in [5.41, 5.74) is 0.475. The van der Waals surface area contributed by atoms with Gasteiger partial charge in [-0.1, -0.05) is 45.4 Å². The molecule has 7 nitrogen and oxygen atoms in total. The molecule has 2 aliphatic heterocycles. The van der Waals surface area contributed by atoms with Crippen LogP contribution in [-0.4, -0.2) is 59.9 Å². The van der Waals surface area contributed by atoms with Crippen molar-refractivity contribution in [3.8, 4) is 17.2 Å². The Morgan fingerprint density at radius 2 is 1.71 bits per heavy atom. The van der Waals surface area contributed by atoms with Crippen molar-refractivity contribution >= 4 is 24.2 Å². The fraction of sp³-hybridized carbons (Fsp3) is 0.533. The van der Waals surface area contributed by atoms with E-state index in [0.29, 0.717) is 31.7 Å². The number of hydrogen-bond acceptors (Lipinski definition) is 5. The van der Waals surface area contributed by atoms with E-state index in [2.05, 4.69) is 43.1 Å². The molecule has 38 heavy (non-hydrogen) atoms. The second-order valence-corrected chi connectivity index (χ2v) is 10.7. The van der Waals surface area contributed by atoms with E-state index in [1.54, 1.807) is 7.11 Å². The summed E-state index contributed by atoms with van der Waals surface area (Å²) in [5, 5.41) is 3.09. The number of benzene rings is 2. The van der Waals surface area contributed by atoms with Crippen molar-refractivity contribution in [1.29, 1.82) is 0 Å². The average molecular weight is 544 g/mol. The van der Waals surface area contributed by atoms with E-state index >= 15 is 0 Å². The number of amides is 2. The maximum atomic E-state index is 13.4. The molecule has 2 fully saturated rings. The van der Waals surface area contributed by atoms with E-state index in [9.17, 15) is 9.59 Å². The number of carbonyl (C=O) groups excluding carboxylic acids is 2. The second-order valence-electron chi connectivity index (χ2n) is 10.7. The van der Waals surface area contributed by atoms with E-state index in [-0.39, 0.29) is 24.2 Å². The van der Waals surface area contributed by atoms with Crippen molar-refractivity contribution in [3.05, 3.63) is 54.1 Å². The zero-order valence-electron chi connectivity index (χ0n) is 23.1. The zero-order chi connectivity index (χ0) is 26.4. The number of nitrogens with zero attached hydrogens (tertiary/aromatic N) is 2. The normalized spacial score (nSPS) is 19.3. The van der Waals surface area contributed by atoms with Crippen molar-refractivity contribution < 1.29 is 19.1 Å². The summed E-state index contributed by atoms with van der Waals surface area (Å²) in [6.07, 6.45) is 3.94. The molecule has 2 aromatic rings. The van der Waals surface area contributed by atoms with Crippen LogP contribution < -0.4 is 14.8 Å². The zero-order valence-corrected chi connectivity index (χ0v) is 23.9. The molecular formula is C30H42ClN3O4. The number of methoxy groups -OCH3 is 1. The molecular weight excluding hydrogens is 502 g/mol. The SMILES string of the molecule is CCCCN1C(=O)[C@H](CC(C)C)NC(=O)C12CCN(Cc1ccc(Oc3cccc(OC)c3)cc1)CC2.Cl. The van der Waals surface area contributed by atoms with Gasteiger partial charge in [0.1, 0.15) is 28.8 Å². The van der Waals surface area contributed by atoms with Gasteiger partial charge in [0.2, 0.25) is 11.8 Å². The molecule has 0 aliphatic carbocycles. The number of piperidine rings is 1. The van der Waals surface area contributed by atoms with E-state index < -0.39 is 11.6 Å². The van der Waals surface area contributed by atoms with Gasteiger partial charge in [0.15, 0.2) is 0 Å². The van der Waals surface area contributed by atoms with Gasteiger partial charge >= 0.3 is 0 Å². The first kappa shape index (κ1) is 29.8. The highest BCUT2D eigenvalue weighted by Crippen LogP contribution is 2.35. The van der Waals surface area contributed by atoms with Crippen molar-refractivity contribution in [1.82, 2.24) is 15.1 Å². The Morgan fingerprint density at radius 3 is 2.34 bits per heavy atom. The maximum Gasteiger partial charge on any atom is 0.246 e. The predicted octanol–water partition coefficient (Wildman–Crippen LogP) is 5.42. The van der Waals surface area contributed by atoms with E-state index in [0.717, 1.165) is 49.7 Å². The van der Waals surface area contributed by atoms with E-state index in [4.69, 9.17) is 9.47 Å². The van der Waals surface area contributed by atoms with Crippen LogP contribution in [0.5, 0.6) is 17.2 Å². The summed E-state index contributed by atoms with van der Waals surface area (Å²) in [5.74, 6) is 2.75. The number of rotatable bonds is 10. The van der Waals surface area contributed by atoms with Gasteiger partial charge in [-0.15, -0.1) is 12.4 Å². The fourth-order valence-corrected chi connectivity index (χ4v) is 5.45. The lowest BCUT2D eigenvalue weighted by Gasteiger charge is -2.52. The third-order valence-corrected chi connectivity index (χ3v) is 7.54. The first-order chi connectivity index (χ1) is 17.8. The highest BCUT2D eigenvalue weighted by atomic mass is 35.5. The molecule has 2 amide bonds. The van der Waals surface area contributed by atoms with Crippen LogP contribution in [0.1, 0.15) is 58.4 Å². The minimum atomic E-state index is -0.718. The minimum absolute atomic E-state index is 0. The number of hydrogen-bond donors (Lipinski definition) is 1. The minimum Gasteiger partial charge on any atom is -0.497 e. The van der Waals surface area contributed by atoms with Crippen LogP contribution >= 0.6 is 12.4 Å². The summed E-state index contributed by atoms with van der Waals surface area (Å²) < 4.78 is 11.2. The molecule has 0 radical (unpaired) electrons. The van der Waals surface area contributed by atoms with E-state index in [1.807, 2.05) is 41.3 Å². The van der Waals surface area contributed by atoms with Crippen molar-refractivity contribution in [2.75, 3.05) is 26.7 Å². The van der Waals surface area contributed by atoms with Crippen LogP contribution in [0, 0.1) is 5.92 Å². The first-order valence-corrected chi connectivity index (χ1v) is 13.6. The van der Waals surface area contributed by atoms with Gasteiger partial charge in [-0.2, -0.15) is 0 Å². The third-order valence-electron chi connectivity index (χ3n) is 7.54. The number of likely N-dealkylation sites (tertiary alicyclic amines) is 1. The second kappa shape index (κ2) is 13.3. The molecule has 4 rings (SSSR count). The molecule has 2 saturated heterocycles. The molecule has 8 heteroatoms. The monoisotopic (exact) mass is 543 g/mol. The Labute approximate surface area is 233 Å². The number of halogens is 1. The van der Waals surface area contributed by atoms with Crippen LogP contribution in [0.4, 0.5) is 0 Å². The van der Waals surface area contributed by atoms with Crippen LogP contribution in [-0.2, 0) is 16.1 Å². The lowest BCUT2D eigenvalue weighted by molar-refractivity contribution is -0.161. The van der Waals surface area contributed by atoms with Gasteiger partial charge in [0.05, 0.1) is 7.11 Å². The van der Waals surface area contributed by atoms with Crippen molar-refractivity contribution in [3.63, 3.8) is 0 Å². The van der Waals surface area contributed by atoms with Gasteiger partial charge in [0.25, 0.3) is 0 Å². The van der Waals surface area contributed by atoms with Crippen molar-refractivity contribution in [2.24, 2.45) is 5.92 Å². The number of nitrogens with one attached hydrogen (secondary N) is 1. The topological polar surface area (TPSA) is 71.1 Å². The highest BCUT2D eigenvalue weighted by Gasteiger charge is 2.53. The number of piperazine rings is 1. The Hall–Kier alpha value is -2.77. The summed E-state index contributed by atoms with van der Waals surface area (Å²) in [6, 6.07) is 15.3. The summed E-state index contributed by atoms with van der Waals surface area (Å²) >= 11 is 0. The molecule has 1 atom stereocenters. The molecule has 1 spiro atoms. The van der Waals surface area contributed by atoms with Crippen LogP contribution in [0.3, 0.4) is 0 Å². The van der Waals surface area contributed by atoms with Crippen LogP contribution in [0.25, 0.3) is 0 Å². The molecule has 0 unspecified atom stereocenters. The Morgan fingerprint density at radius 1 is 1.03 bits per heavy atom. The molecule has 2 aliphatic rings. The summed E-state index contributed by atoms with van der Waals surface area (Å²) in [7, 11) is 1.64. The third kappa shape index (κ3) is 6.80. The molecule has 0 aromatic heterocycles. The summed E-state index contributed by atoms with van der Waals surface area (Å²) in [4.78, 5) is 31.2. The molecule has 0 saturated carbocycles. The largest absolute Gasteiger partial charge is 0.497 e. The Kier molecular flexibility index (Phi) is 10.5. The molecule has 1 N–H and O–H groups in total. The Bertz CT molecular complexity index is 1070. The lowest BCUT2D eigenvalue weighted by atomic mass is 9.80. The van der Waals surface area contributed by atoms with Crippen LogP contribution in [0.15, 0.2) is 48.5 Å². The van der Waals surface area contributed by atoms with Gasteiger partial charge in [-0.05, 0) is 61.4 Å². The van der Waals surface area contributed by atoms with Gasteiger partial charge in [0, 0.05) is 32.2 Å². The number of ether oxygens (including phenoxy) is 2. The quantitative estimate of drug-likeness (QED) is 0.433. The number of unbranched alkanes of at least 4 members (excludes halogenated alkanes) is 1. The summed E-state index contributed by atoms with van der Waals surface area (Å²) in [6.45, 7) is 9.33. The molecule has 0 bridgehead atoms. The Balaban J connectivity index is 0.00000400. The molecule has 208 valence electrons. The van der Waals surface area contributed by atoms with E-state index in [1.165, 1.54) is 5.56 Å². The van der Waals surface area contributed by atoms with Gasteiger partial charge < -0.3 is 19.7 Å². The average Bonchev–Trinajstić information content (AvgIpc) is 2.89. The molecule has 2 heterocycles. The first-order valence-electron chi connectivity index (χ1n) is 13.6. The van der Waals surface area contributed by atoms with Crippen molar-refractivity contribution in [2.45, 2.75) is 71.0 Å². The standard InChI is InChI=1S/C30H41N3O4.ClH/c1-5-6-16-33-28(34)27(19-22(2)3)31-29(35)30(33)14-17-32(18-15-30)21-23-10-12-24(13-11-23)37-26-9-7-8-25(20-26)36-4;/h7-13,20,22,27H,5-6,14-19,21H2,1-4H3,(H,31,35);1H/t27-;/m0./s1. The predicted molar refractivity (Wildman–Crippen MR) is 152 cm³/mol. The highest BCUT2D eigenvalue weighted by molar-refractivity contribution is 6.00. The lowest BCUT2D eigenvalue weighted by Crippen LogP contribution is -2.73. The molecule has 2 aromatic carbocycles. The van der Waals surface area contributed by atoms with Crippen LogP contribution in [0.2, 0.25) is 0 Å². The van der Waals surface area contributed by atoms with Gasteiger partial charge in [-0.3, -0.25) is 14.5 Å².